The van der Waals surface area contributed by atoms with Gasteiger partial charge in [0.05, 0.1) is 5.52 Å². The number of H-pyrrole nitrogens is 1. The summed E-state index contributed by atoms with van der Waals surface area (Å²) in [5.41, 5.74) is 3.05. The molecule has 0 radical (unpaired) electrons. The number of aromatic nitrogens is 3. The van der Waals surface area contributed by atoms with Gasteiger partial charge in [0.2, 0.25) is 0 Å². The van der Waals surface area contributed by atoms with E-state index in [0.29, 0.717) is 0 Å². The van der Waals surface area contributed by atoms with Crippen molar-refractivity contribution in [1.82, 2.24) is 15.0 Å². The second-order valence-corrected chi connectivity index (χ2v) is 3.40. The van der Waals surface area contributed by atoms with Crippen LogP contribution in [0.5, 0.6) is 0 Å². The molecule has 0 saturated carbocycles. The fourth-order valence-electron chi connectivity index (χ4n) is 1.71. The summed E-state index contributed by atoms with van der Waals surface area (Å²) < 4.78 is 0. The Hall–Kier alpha value is -1.90. The highest BCUT2D eigenvalue weighted by molar-refractivity contribution is 6.05. The van der Waals surface area contributed by atoms with E-state index in [4.69, 9.17) is 0 Å². The molecule has 3 rings (SSSR count). The number of fused-ring (bicyclic) bond motifs is 3. The van der Waals surface area contributed by atoms with Crippen LogP contribution in [0.1, 0.15) is 5.69 Å². The zero-order valence-corrected chi connectivity index (χ0v) is 7.78. The number of aryl methyl sites for hydroxylation is 1. The van der Waals surface area contributed by atoms with Gasteiger partial charge in [-0.1, -0.05) is 0 Å². The number of hydrogen-bond acceptors (Lipinski definition) is 2. The van der Waals surface area contributed by atoms with Crippen molar-refractivity contribution in [1.29, 1.82) is 0 Å². The van der Waals surface area contributed by atoms with Crippen molar-refractivity contribution in [3.05, 3.63) is 36.3 Å². The van der Waals surface area contributed by atoms with E-state index in [0.717, 1.165) is 27.6 Å². The summed E-state index contributed by atoms with van der Waals surface area (Å²) in [4.78, 5) is 11.8. The Labute approximate surface area is 80.8 Å². The molecule has 0 amide bonds. The SMILES string of the molecule is Cc1ccc2c(n1)[nH]c1ccncc12. The Kier molecular flexibility index (Phi) is 1.36. The van der Waals surface area contributed by atoms with Crippen molar-refractivity contribution in [2.75, 3.05) is 0 Å². The van der Waals surface area contributed by atoms with Crippen LogP contribution in [0.4, 0.5) is 0 Å². The first-order valence-electron chi connectivity index (χ1n) is 4.53. The Bertz CT molecular complexity index is 610. The maximum atomic E-state index is 4.43. The monoisotopic (exact) mass is 183 g/mol. The van der Waals surface area contributed by atoms with Crippen LogP contribution in [0.2, 0.25) is 0 Å². The molecule has 14 heavy (non-hydrogen) atoms. The Morgan fingerprint density at radius 3 is 3.00 bits per heavy atom. The van der Waals surface area contributed by atoms with Gasteiger partial charge in [0.1, 0.15) is 5.65 Å². The van der Waals surface area contributed by atoms with Crippen molar-refractivity contribution in [3.63, 3.8) is 0 Å². The molecule has 0 saturated heterocycles. The number of pyridine rings is 2. The molecule has 0 spiro atoms. The van der Waals surface area contributed by atoms with Crippen molar-refractivity contribution >= 4 is 21.9 Å². The lowest BCUT2D eigenvalue weighted by Crippen LogP contribution is -1.79. The molecular formula is C11H9N3. The lowest BCUT2D eigenvalue weighted by molar-refractivity contribution is 1.23. The van der Waals surface area contributed by atoms with Crippen LogP contribution < -0.4 is 0 Å². The predicted molar refractivity (Wildman–Crippen MR) is 56.1 cm³/mol. The van der Waals surface area contributed by atoms with Gasteiger partial charge < -0.3 is 4.98 Å². The van der Waals surface area contributed by atoms with Crippen LogP contribution >= 0.6 is 0 Å². The molecule has 1 N–H and O–H groups in total. The number of nitrogens with zero attached hydrogens (tertiary/aromatic N) is 2. The van der Waals surface area contributed by atoms with E-state index in [-0.39, 0.29) is 0 Å². The van der Waals surface area contributed by atoms with Crippen LogP contribution in [0.25, 0.3) is 21.9 Å². The second kappa shape index (κ2) is 2.54. The maximum Gasteiger partial charge on any atom is 0.138 e. The quantitative estimate of drug-likeness (QED) is 0.581. The van der Waals surface area contributed by atoms with Crippen LogP contribution in [-0.4, -0.2) is 15.0 Å². The van der Waals surface area contributed by atoms with Gasteiger partial charge in [0.25, 0.3) is 0 Å². The van der Waals surface area contributed by atoms with Gasteiger partial charge in [-0.2, -0.15) is 0 Å². The van der Waals surface area contributed by atoms with E-state index in [9.17, 15) is 0 Å². The van der Waals surface area contributed by atoms with Crippen LogP contribution in [-0.2, 0) is 0 Å². The number of rotatable bonds is 0. The van der Waals surface area contributed by atoms with E-state index in [2.05, 4.69) is 21.0 Å². The summed E-state index contributed by atoms with van der Waals surface area (Å²) in [7, 11) is 0. The minimum absolute atomic E-state index is 0.938. The molecule has 0 aliphatic heterocycles. The Balaban J connectivity index is 2.57. The fourth-order valence-corrected chi connectivity index (χ4v) is 1.71. The van der Waals surface area contributed by atoms with Crippen molar-refractivity contribution < 1.29 is 0 Å². The summed E-state index contributed by atoms with van der Waals surface area (Å²) in [5.74, 6) is 0. The highest BCUT2D eigenvalue weighted by Crippen LogP contribution is 2.22. The van der Waals surface area contributed by atoms with Crippen LogP contribution in [0, 0.1) is 6.92 Å². The molecule has 0 bridgehead atoms. The normalized spacial score (nSPS) is 11.2. The summed E-state index contributed by atoms with van der Waals surface area (Å²) in [6, 6.07) is 6.06. The van der Waals surface area contributed by atoms with E-state index in [1.807, 2.05) is 25.3 Å². The molecule has 3 heterocycles. The van der Waals surface area contributed by atoms with Crippen molar-refractivity contribution in [2.45, 2.75) is 6.92 Å². The van der Waals surface area contributed by atoms with E-state index >= 15 is 0 Å². The minimum Gasteiger partial charge on any atom is -0.339 e. The molecule has 0 aliphatic carbocycles. The van der Waals surface area contributed by atoms with Crippen LogP contribution in [0.15, 0.2) is 30.6 Å². The third-order valence-electron chi connectivity index (χ3n) is 2.40. The molecule has 3 aromatic heterocycles. The van der Waals surface area contributed by atoms with E-state index in [1.165, 1.54) is 0 Å². The lowest BCUT2D eigenvalue weighted by atomic mass is 10.2. The smallest absolute Gasteiger partial charge is 0.138 e. The molecule has 0 unspecified atom stereocenters. The minimum atomic E-state index is 0.938. The summed E-state index contributed by atoms with van der Waals surface area (Å²) in [5, 5.41) is 2.27. The fraction of sp³-hybridized carbons (Fsp3) is 0.0909. The van der Waals surface area contributed by atoms with Crippen LogP contribution in [0.3, 0.4) is 0 Å². The molecular weight excluding hydrogens is 174 g/mol. The van der Waals surface area contributed by atoms with Gasteiger partial charge >= 0.3 is 0 Å². The number of nitrogens with one attached hydrogen (secondary N) is 1. The summed E-state index contributed by atoms with van der Waals surface area (Å²) in [6.45, 7) is 1.99. The van der Waals surface area contributed by atoms with Gasteiger partial charge in [-0.15, -0.1) is 0 Å². The number of aromatic amines is 1. The zero-order valence-electron chi connectivity index (χ0n) is 7.78. The molecule has 0 atom stereocenters. The molecule has 0 fully saturated rings. The Morgan fingerprint density at radius 1 is 1.14 bits per heavy atom. The molecule has 3 nitrogen and oxygen atoms in total. The second-order valence-electron chi connectivity index (χ2n) is 3.40. The highest BCUT2D eigenvalue weighted by atomic mass is 14.9. The summed E-state index contributed by atoms with van der Waals surface area (Å²) in [6.07, 6.45) is 3.65. The average Bonchev–Trinajstić information content (AvgIpc) is 2.54. The van der Waals surface area contributed by atoms with Crippen molar-refractivity contribution in [2.24, 2.45) is 0 Å². The van der Waals surface area contributed by atoms with E-state index in [1.54, 1.807) is 6.20 Å². The van der Waals surface area contributed by atoms with Gasteiger partial charge in [-0.05, 0) is 25.1 Å². The topological polar surface area (TPSA) is 41.6 Å². The zero-order chi connectivity index (χ0) is 9.54. The average molecular weight is 183 g/mol. The molecule has 3 aromatic rings. The third kappa shape index (κ3) is 0.923. The summed E-state index contributed by atoms with van der Waals surface area (Å²) >= 11 is 0. The largest absolute Gasteiger partial charge is 0.339 e. The van der Waals surface area contributed by atoms with E-state index < -0.39 is 0 Å². The first-order valence-corrected chi connectivity index (χ1v) is 4.53. The molecule has 0 aromatic carbocycles. The molecule has 3 heteroatoms. The predicted octanol–water partition coefficient (Wildman–Crippen LogP) is 2.42. The van der Waals surface area contributed by atoms with Gasteiger partial charge in [0, 0.05) is 28.9 Å². The number of hydrogen-bond donors (Lipinski definition) is 1. The first-order chi connectivity index (χ1) is 6.84. The maximum absolute atomic E-state index is 4.43. The molecule has 0 aliphatic rings. The molecule has 68 valence electrons. The van der Waals surface area contributed by atoms with Crippen molar-refractivity contribution in [3.8, 4) is 0 Å². The Morgan fingerprint density at radius 2 is 2.07 bits per heavy atom. The van der Waals surface area contributed by atoms with Gasteiger partial charge in [0.15, 0.2) is 0 Å². The first kappa shape index (κ1) is 7.50. The van der Waals surface area contributed by atoms with Gasteiger partial charge in [-0.25, -0.2) is 4.98 Å². The highest BCUT2D eigenvalue weighted by Gasteiger charge is 2.03. The lowest BCUT2D eigenvalue weighted by Gasteiger charge is -1.91. The standard InChI is InChI=1S/C11H9N3/c1-7-2-3-8-9-6-12-5-4-10(9)14-11(8)13-7/h2-6H,1H3,(H,13,14). The third-order valence-corrected chi connectivity index (χ3v) is 2.40. The van der Waals surface area contributed by atoms with Gasteiger partial charge in [-0.3, -0.25) is 4.98 Å².